The van der Waals surface area contributed by atoms with Crippen LogP contribution in [-0.2, 0) is 17.4 Å². The largest absolute Gasteiger partial charge is 0.346 e. The average Bonchev–Trinajstić information content (AvgIpc) is 3.54. The first kappa shape index (κ1) is 24.7. The van der Waals surface area contributed by atoms with E-state index in [1.807, 2.05) is 0 Å². The Labute approximate surface area is 200 Å². The van der Waals surface area contributed by atoms with Crippen molar-refractivity contribution in [2.24, 2.45) is 0 Å². The molecule has 2 atom stereocenters. The first-order chi connectivity index (χ1) is 16.1. The number of amides is 1. The van der Waals surface area contributed by atoms with Crippen molar-refractivity contribution in [3.63, 3.8) is 0 Å². The lowest BCUT2D eigenvalue weighted by molar-refractivity contribution is 0.0906. The van der Waals surface area contributed by atoms with E-state index in [2.05, 4.69) is 75.8 Å². The molecule has 1 amide bonds. The third kappa shape index (κ3) is 6.00. The molecule has 34 heavy (non-hydrogen) atoms. The summed E-state index contributed by atoms with van der Waals surface area (Å²) in [7, 11) is 0. The molecule has 0 saturated carbocycles. The number of rotatable bonds is 8. The molecule has 11 heteroatoms. The monoisotopic (exact) mass is 474 g/mol. The van der Waals surface area contributed by atoms with E-state index in [9.17, 15) is 4.79 Å². The molecular weight excluding hydrogens is 436 g/mol. The van der Waals surface area contributed by atoms with Gasteiger partial charge in [0.25, 0.3) is 0 Å². The number of aromatic nitrogens is 4. The van der Waals surface area contributed by atoms with Crippen LogP contribution in [0.2, 0.25) is 0 Å². The second-order valence-electron chi connectivity index (χ2n) is 11.1. The standard InChI is InChI=1S/C23H38N8O3/c1-22(2,3)21-27-17(29-34-21)14-31-10-9-24-13-16(31)11-23(4,5)20-28-19(33-30-20)18(32)26-12-15-7-6-8-25-15/h15-16,24-25H,6-14H2,1-5H3,(H,26,32). The fraction of sp³-hybridized carbons (Fsp3) is 0.783. The van der Waals surface area contributed by atoms with Gasteiger partial charge >= 0.3 is 11.8 Å². The number of hydrogen-bond acceptors (Lipinski definition) is 10. The molecular formula is C23H38N8O3. The van der Waals surface area contributed by atoms with Gasteiger partial charge < -0.3 is 25.0 Å². The van der Waals surface area contributed by atoms with E-state index in [1.54, 1.807) is 0 Å². The Morgan fingerprint density at radius 3 is 2.68 bits per heavy atom. The van der Waals surface area contributed by atoms with Crippen LogP contribution in [0.4, 0.5) is 0 Å². The Morgan fingerprint density at radius 2 is 1.97 bits per heavy atom. The molecule has 2 aliphatic heterocycles. The van der Waals surface area contributed by atoms with Crippen LogP contribution < -0.4 is 16.0 Å². The van der Waals surface area contributed by atoms with Crippen molar-refractivity contribution < 1.29 is 13.8 Å². The highest BCUT2D eigenvalue weighted by atomic mass is 16.5. The average molecular weight is 475 g/mol. The van der Waals surface area contributed by atoms with Crippen molar-refractivity contribution in [3.05, 3.63) is 23.4 Å². The summed E-state index contributed by atoms with van der Waals surface area (Å²) in [6, 6.07) is 0.538. The second kappa shape index (κ2) is 10.1. The van der Waals surface area contributed by atoms with Gasteiger partial charge in [0, 0.05) is 49.1 Å². The van der Waals surface area contributed by atoms with Crippen LogP contribution in [0.3, 0.4) is 0 Å². The molecule has 0 aromatic carbocycles. The van der Waals surface area contributed by atoms with Gasteiger partial charge in [-0.3, -0.25) is 9.69 Å². The molecule has 0 spiro atoms. The maximum absolute atomic E-state index is 12.5. The topological polar surface area (TPSA) is 134 Å². The van der Waals surface area contributed by atoms with Crippen molar-refractivity contribution in [3.8, 4) is 0 Å². The predicted molar refractivity (Wildman–Crippen MR) is 125 cm³/mol. The summed E-state index contributed by atoms with van der Waals surface area (Å²) in [5.41, 5.74) is -0.558. The Morgan fingerprint density at radius 1 is 1.15 bits per heavy atom. The highest BCUT2D eigenvalue weighted by Gasteiger charge is 2.35. The van der Waals surface area contributed by atoms with E-state index in [-0.39, 0.29) is 28.7 Å². The van der Waals surface area contributed by atoms with E-state index >= 15 is 0 Å². The van der Waals surface area contributed by atoms with Crippen LogP contribution in [0.5, 0.6) is 0 Å². The van der Waals surface area contributed by atoms with Gasteiger partial charge in [-0.1, -0.05) is 44.9 Å². The molecule has 2 saturated heterocycles. The third-order valence-corrected chi connectivity index (χ3v) is 6.57. The number of carbonyl (C=O) groups excluding carboxylic acids is 1. The van der Waals surface area contributed by atoms with E-state index in [1.165, 1.54) is 0 Å². The number of nitrogens with one attached hydrogen (secondary N) is 3. The van der Waals surface area contributed by atoms with Crippen molar-refractivity contribution in [1.29, 1.82) is 0 Å². The predicted octanol–water partition coefficient (Wildman–Crippen LogP) is 1.37. The summed E-state index contributed by atoms with van der Waals surface area (Å²) in [5, 5.41) is 18.1. The third-order valence-electron chi connectivity index (χ3n) is 6.57. The van der Waals surface area contributed by atoms with Crippen molar-refractivity contribution >= 4 is 5.91 Å². The fourth-order valence-corrected chi connectivity index (χ4v) is 4.51. The van der Waals surface area contributed by atoms with Crippen LogP contribution in [0, 0.1) is 0 Å². The summed E-state index contributed by atoms with van der Waals surface area (Å²) in [5.74, 6) is 1.58. The zero-order valence-corrected chi connectivity index (χ0v) is 21.0. The molecule has 11 nitrogen and oxygen atoms in total. The van der Waals surface area contributed by atoms with E-state index in [4.69, 9.17) is 9.05 Å². The molecule has 3 N–H and O–H groups in total. The lowest BCUT2D eigenvalue weighted by Gasteiger charge is -2.38. The maximum Gasteiger partial charge on any atom is 0.315 e. The van der Waals surface area contributed by atoms with Crippen LogP contribution in [-0.4, -0.2) is 75.9 Å². The van der Waals surface area contributed by atoms with Crippen molar-refractivity contribution in [1.82, 2.24) is 41.1 Å². The van der Waals surface area contributed by atoms with Crippen LogP contribution >= 0.6 is 0 Å². The lowest BCUT2D eigenvalue weighted by atomic mass is 9.84. The van der Waals surface area contributed by atoms with Gasteiger partial charge in [0.05, 0.1) is 6.54 Å². The van der Waals surface area contributed by atoms with Gasteiger partial charge in [-0.2, -0.15) is 9.97 Å². The summed E-state index contributed by atoms with van der Waals surface area (Å²) >= 11 is 0. The van der Waals surface area contributed by atoms with Gasteiger partial charge in [0.15, 0.2) is 11.6 Å². The van der Waals surface area contributed by atoms with Gasteiger partial charge in [-0.25, -0.2) is 0 Å². The Hall–Kier alpha value is -2.37. The number of nitrogens with zero attached hydrogens (tertiary/aromatic N) is 5. The summed E-state index contributed by atoms with van der Waals surface area (Å²) in [6.07, 6.45) is 2.99. The van der Waals surface area contributed by atoms with Gasteiger partial charge in [0.1, 0.15) is 0 Å². The molecule has 2 fully saturated rings. The van der Waals surface area contributed by atoms with Crippen LogP contribution in [0.15, 0.2) is 9.05 Å². The summed E-state index contributed by atoms with van der Waals surface area (Å²) in [4.78, 5) is 23.9. The fourth-order valence-electron chi connectivity index (χ4n) is 4.51. The zero-order chi connectivity index (χ0) is 24.3. The van der Waals surface area contributed by atoms with E-state index in [0.29, 0.717) is 36.7 Å². The van der Waals surface area contributed by atoms with Gasteiger partial charge in [-0.15, -0.1) is 0 Å². The SMILES string of the molecule is CC(C)(C)c1nc(CN2CCNCC2CC(C)(C)c2noc(C(=O)NCC3CCCN3)n2)no1. The summed E-state index contributed by atoms with van der Waals surface area (Å²) < 4.78 is 10.8. The Kier molecular flexibility index (Phi) is 7.34. The maximum atomic E-state index is 12.5. The lowest BCUT2D eigenvalue weighted by Crippen LogP contribution is -2.52. The van der Waals surface area contributed by atoms with Crippen molar-refractivity contribution in [2.45, 2.75) is 83.3 Å². The second-order valence-corrected chi connectivity index (χ2v) is 11.1. The minimum Gasteiger partial charge on any atom is -0.346 e. The number of carbonyl (C=O) groups is 1. The summed E-state index contributed by atoms with van der Waals surface area (Å²) in [6.45, 7) is 15.2. The van der Waals surface area contributed by atoms with E-state index in [0.717, 1.165) is 45.4 Å². The van der Waals surface area contributed by atoms with E-state index < -0.39 is 0 Å². The molecule has 4 heterocycles. The molecule has 2 unspecified atom stereocenters. The zero-order valence-electron chi connectivity index (χ0n) is 21.0. The molecule has 2 aromatic rings. The highest BCUT2D eigenvalue weighted by Crippen LogP contribution is 2.29. The molecule has 0 aliphatic carbocycles. The molecule has 188 valence electrons. The molecule has 2 aliphatic rings. The van der Waals surface area contributed by atoms with Gasteiger partial charge in [0.2, 0.25) is 5.89 Å². The highest BCUT2D eigenvalue weighted by molar-refractivity contribution is 5.89. The molecule has 0 bridgehead atoms. The number of piperazine rings is 1. The number of hydrogen-bond donors (Lipinski definition) is 3. The quantitative estimate of drug-likeness (QED) is 0.515. The first-order valence-electron chi connectivity index (χ1n) is 12.3. The molecule has 2 aromatic heterocycles. The van der Waals surface area contributed by atoms with Crippen LogP contribution in [0.1, 0.15) is 82.1 Å². The molecule has 0 radical (unpaired) electrons. The van der Waals surface area contributed by atoms with Crippen molar-refractivity contribution in [2.75, 3.05) is 32.7 Å². The molecule has 4 rings (SSSR count). The van der Waals surface area contributed by atoms with Crippen LogP contribution in [0.25, 0.3) is 0 Å². The Balaban J connectivity index is 1.37. The minimum atomic E-state index is -0.384. The Bertz CT molecular complexity index is 958. The minimum absolute atomic E-state index is 0.0150. The first-order valence-corrected chi connectivity index (χ1v) is 12.3. The smallest absolute Gasteiger partial charge is 0.315 e. The van der Waals surface area contributed by atoms with Gasteiger partial charge in [-0.05, 0) is 25.8 Å². The normalized spacial score (nSPS) is 22.3.